The second kappa shape index (κ2) is 5.92. The molecule has 1 aromatic carbocycles. The molecule has 0 radical (unpaired) electrons. The van der Waals surface area contributed by atoms with Crippen molar-refractivity contribution < 1.29 is 23.0 Å². The highest BCUT2D eigenvalue weighted by atomic mass is 31.1. The van der Waals surface area contributed by atoms with Crippen molar-refractivity contribution in [1.82, 2.24) is 0 Å². The van der Waals surface area contributed by atoms with E-state index < -0.39 is 12.6 Å². The monoisotopic (exact) mass is 262 g/mol. The first-order valence-corrected chi connectivity index (χ1v) is 6.35. The van der Waals surface area contributed by atoms with Gasteiger partial charge in [-0.25, -0.2) is 4.79 Å². The van der Waals surface area contributed by atoms with Crippen LogP contribution in [-0.2, 0) is 4.74 Å². The van der Waals surface area contributed by atoms with Crippen molar-refractivity contribution in [3.8, 4) is 5.75 Å². The Kier molecular flexibility index (Phi) is 4.82. The average Bonchev–Trinajstić information content (AvgIpc) is 2.29. The lowest BCUT2D eigenvalue weighted by Crippen LogP contribution is -2.13. The summed E-state index contributed by atoms with van der Waals surface area (Å²) >= 11 is 0. The number of alkyl halides is 2. The lowest BCUT2D eigenvalue weighted by atomic mass is 10.1. The molecule has 0 aliphatic rings. The molecule has 3 nitrogen and oxygen atoms in total. The standard InChI is InChI=1S/C11H13F2O3P/c1-6-4-7(10(14)15-2)8(16-11(12)13)5-9(6)17-3/h4-5,11,17H,1-3H3. The van der Waals surface area contributed by atoms with Crippen LogP contribution < -0.4 is 10.0 Å². The number of benzene rings is 1. The molecular weight excluding hydrogens is 249 g/mol. The van der Waals surface area contributed by atoms with Gasteiger partial charge in [-0.15, -0.1) is 0 Å². The fourth-order valence-electron chi connectivity index (χ4n) is 1.42. The van der Waals surface area contributed by atoms with Crippen LogP contribution in [0.5, 0.6) is 5.75 Å². The van der Waals surface area contributed by atoms with Gasteiger partial charge in [0.05, 0.1) is 7.11 Å². The van der Waals surface area contributed by atoms with Crippen LogP contribution in [0.15, 0.2) is 12.1 Å². The molecule has 0 heterocycles. The van der Waals surface area contributed by atoms with Crippen LogP contribution >= 0.6 is 8.58 Å². The molecule has 0 aliphatic carbocycles. The van der Waals surface area contributed by atoms with Crippen molar-refractivity contribution >= 4 is 19.9 Å². The summed E-state index contributed by atoms with van der Waals surface area (Å²) in [5.41, 5.74) is 0.875. The van der Waals surface area contributed by atoms with Gasteiger partial charge in [0, 0.05) is 0 Å². The van der Waals surface area contributed by atoms with Crippen molar-refractivity contribution in [1.29, 1.82) is 0 Å². The van der Waals surface area contributed by atoms with Gasteiger partial charge in [0.25, 0.3) is 0 Å². The zero-order chi connectivity index (χ0) is 13.0. The summed E-state index contributed by atoms with van der Waals surface area (Å²) in [4.78, 5) is 11.4. The van der Waals surface area contributed by atoms with Gasteiger partial charge in [0.15, 0.2) is 0 Å². The van der Waals surface area contributed by atoms with Gasteiger partial charge < -0.3 is 9.47 Å². The maximum Gasteiger partial charge on any atom is 0.387 e. The molecule has 1 aromatic rings. The van der Waals surface area contributed by atoms with Gasteiger partial charge in [0.1, 0.15) is 11.3 Å². The predicted octanol–water partition coefficient (Wildman–Crippen LogP) is 2.32. The van der Waals surface area contributed by atoms with Gasteiger partial charge in [-0.3, -0.25) is 0 Å². The number of hydrogen-bond donors (Lipinski definition) is 0. The minimum atomic E-state index is -2.96. The highest BCUT2D eigenvalue weighted by Gasteiger charge is 2.18. The first kappa shape index (κ1) is 13.8. The highest BCUT2D eigenvalue weighted by Crippen LogP contribution is 2.24. The van der Waals surface area contributed by atoms with Crippen LogP contribution in [-0.4, -0.2) is 26.4 Å². The van der Waals surface area contributed by atoms with E-state index in [0.29, 0.717) is 8.58 Å². The van der Waals surface area contributed by atoms with E-state index in [9.17, 15) is 13.6 Å². The zero-order valence-electron chi connectivity index (χ0n) is 9.71. The topological polar surface area (TPSA) is 35.5 Å². The molecule has 0 aromatic heterocycles. The predicted molar refractivity (Wildman–Crippen MR) is 63.0 cm³/mol. The molecule has 0 amide bonds. The SMILES string of the molecule is COC(=O)c1cc(C)c(PC)cc1OC(F)F. The van der Waals surface area contributed by atoms with Gasteiger partial charge in [-0.2, -0.15) is 8.78 Å². The summed E-state index contributed by atoms with van der Waals surface area (Å²) in [5, 5.41) is 0.883. The van der Waals surface area contributed by atoms with Gasteiger partial charge in [-0.05, 0) is 36.6 Å². The fraction of sp³-hybridized carbons (Fsp3) is 0.364. The van der Waals surface area contributed by atoms with Crippen molar-refractivity contribution in [2.24, 2.45) is 0 Å². The van der Waals surface area contributed by atoms with Crippen molar-refractivity contribution in [3.63, 3.8) is 0 Å². The van der Waals surface area contributed by atoms with Gasteiger partial charge >= 0.3 is 12.6 Å². The molecule has 0 saturated heterocycles. The molecule has 94 valence electrons. The third kappa shape index (κ3) is 3.37. The fourth-order valence-corrected chi connectivity index (χ4v) is 2.16. The molecule has 0 fully saturated rings. The third-order valence-electron chi connectivity index (χ3n) is 2.22. The Hall–Kier alpha value is -1.22. The van der Waals surface area contributed by atoms with Crippen LogP contribution in [0.25, 0.3) is 0 Å². The van der Waals surface area contributed by atoms with Crippen molar-refractivity contribution in [2.45, 2.75) is 13.5 Å². The van der Waals surface area contributed by atoms with E-state index in [1.807, 2.05) is 13.6 Å². The Bertz CT molecular complexity index is 421. The number of hydrogen-bond acceptors (Lipinski definition) is 3. The van der Waals surface area contributed by atoms with Crippen LogP contribution in [0.4, 0.5) is 8.78 Å². The largest absolute Gasteiger partial charge is 0.465 e. The van der Waals surface area contributed by atoms with E-state index in [0.717, 1.165) is 10.9 Å². The minimum absolute atomic E-state index is 0.0206. The number of aryl methyl sites for hydroxylation is 1. The van der Waals surface area contributed by atoms with E-state index >= 15 is 0 Å². The summed E-state index contributed by atoms with van der Waals surface area (Å²) < 4.78 is 33.3. The number of carbonyl (C=O) groups is 1. The Morgan fingerprint density at radius 1 is 1.41 bits per heavy atom. The molecule has 0 aliphatic heterocycles. The molecule has 0 N–H and O–H groups in total. The van der Waals surface area contributed by atoms with Crippen LogP contribution in [0.3, 0.4) is 0 Å². The quantitative estimate of drug-likeness (QED) is 0.617. The average molecular weight is 262 g/mol. The number of halogens is 2. The Morgan fingerprint density at radius 3 is 2.53 bits per heavy atom. The van der Waals surface area contributed by atoms with Crippen LogP contribution in [0.1, 0.15) is 15.9 Å². The Morgan fingerprint density at radius 2 is 2.06 bits per heavy atom. The molecule has 17 heavy (non-hydrogen) atoms. The molecule has 1 unspecified atom stereocenters. The number of carbonyl (C=O) groups excluding carboxylic acids is 1. The van der Waals surface area contributed by atoms with Crippen LogP contribution in [0, 0.1) is 6.92 Å². The highest BCUT2D eigenvalue weighted by molar-refractivity contribution is 7.46. The lowest BCUT2D eigenvalue weighted by Gasteiger charge is -2.12. The van der Waals surface area contributed by atoms with Gasteiger partial charge in [-0.1, -0.05) is 8.58 Å². The number of rotatable bonds is 4. The van der Waals surface area contributed by atoms with Crippen LogP contribution in [0.2, 0.25) is 0 Å². The first-order valence-electron chi connectivity index (χ1n) is 4.85. The molecule has 0 bridgehead atoms. The number of ether oxygens (including phenoxy) is 2. The van der Waals surface area contributed by atoms with Gasteiger partial charge in [0.2, 0.25) is 0 Å². The molecule has 1 rings (SSSR count). The summed E-state index contributed by atoms with van der Waals surface area (Å²) in [5.74, 6) is -0.823. The normalized spacial score (nSPS) is 11.2. The Balaban J connectivity index is 3.25. The molecule has 0 spiro atoms. The first-order chi connectivity index (χ1) is 7.99. The lowest BCUT2D eigenvalue weighted by molar-refractivity contribution is -0.0503. The number of esters is 1. The molecule has 6 heteroatoms. The second-order valence-electron chi connectivity index (χ2n) is 3.28. The van der Waals surface area contributed by atoms with E-state index in [1.54, 1.807) is 0 Å². The minimum Gasteiger partial charge on any atom is -0.465 e. The van der Waals surface area contributed by atoms with Crippen molar-refractivity contribution in [2.75, 3.05) is 13.8 Å². The smallest absolute Gasteiger partial charge is 0.387 e. The second-order valence-corrected chi connectivity index (χ2v) is 4.32. The summed E-state index contributed by atoms with van der Waals surface area (Å²) in [6, 6.07) is 2.97. The number of methoxy groups -OCH3 is 1. The zero-order valence-corrected chi connectivity index (χ0v) is 10.7. The summed E-state index contributed by atoms with van der Waals surface area (Å²) in [6.07, 6.45) is 0. The van der Waals surface area contributed by atoms with E-state index in [2.05, 4.69) is 9.47 Å². The van der Waals surface area contributed by atoms with E-state index in [-0.39, 0.29) is 11.3 Å². The van der Waals surface area contributed by atoms with Crippen molar-refractivity contribution in [3.05, 3.63) is 23.3 Å². The maximum atomic E-state index is 12.2. The third-order valence-corrected chi connectivity index (χ3v) is 3.29. The summed E-state index contributed by atoms with van der Waals surface area (Å²) in [7, 11) is 1.63. The molecule has 1 atom stereocenters. The Labute approximate surface area is 99.9 Å². The molecular formula is C11H13F2O3P. The summed E-state index contributed by atoms with van der Waals surface area (Å²) in [6.45, 7) is 0.769. The molecule has 0 saturated carbocycles. The van der Waals surface area contributed by atoms with E-state index in [4.69, 9.17) is 0 Å². The maximum absolute atomic E-state index is 12.2. The van der Waals surface area contributed by atoms with E-state index in [1.165, 1.54) is 19.2 Å².